The summed E-state index contributed by atoms with van der Waals surface area (Å²) in [5.41, 5.74) is 1.09. The molecular formula is C18H20F3N3O5. The van der Waals surface area contributed by atoms with Gasteiger partial charge in [-0.2, -0.15) is 13.2 Å². The fourth-order valence-electron chi connectivity index (χ4n) is 2.62. The van der Waals surface area contributed by atoms with Crippen LogP contribution in [0.4, 0.5) is 13.2 Å². The summed E-state index contributed by atoms with van der Waals surface area (Å²) >= 11 is 0. The predicted octanol–water partition coefficient (Wildman–Crippen LogP) is 1.95. The zero-order valence-corrected chi connectivity index (χ0v) is 15.5. The van der Waals surface area contributed by atoms with E-state index in [1.165, 1.54) is 7.11 Å². The highest BCUT2D eigenvalue weighted by Gasteiger charge is 2.38. The molecule has 1 atom stereocenters. The Morgan fingerprint density at radius 2 is 1.97 bits per heavy atom. The van der Waals surface area contributed by atoms with Gasteiger partial charge in [0, 0.05) is 31.3 Å². The maximum atomic E-state index is 12.2. The van der Waals surface area contributed by atoms with E-state index in [2.05, 4.69) is 9.55 Å². The number of hydrogen-bond donors (Lipinski definition) is 1. The molecule has 1 aliphatic rings. The highest BCUT2D eigenvalue weighted by molar-refractivity contribution is 5.77. The summed E-state index contributed by atoms with van der Waals surface area (Å²) in [4.78, 5) is 27.1. The zero-order valence-electron chi connectivity index (χ0n) is 15.5. The molecule has 8 nitrogen and oxygen atoms in total. The van der Waals surface area contributed by atoms with Crippen LogP contribution < -0.4 is 4.74 Å². The van der Waals surface area contributed by atoms with Crippen molar-refractivity contribution in [1.29, 1.82) is 0 Å². The average Bonchev–Trinajstić information content (AvgIpc) is 3.01. The zero-order chi connectivity index (χ0) is 21.4. The first-order valence-corrected chi connectivity index (χ1v) is 8.49. The van der Waals surface area contributed by atoms with Crippen molar-refractivity contribution in [3.8, 4) is 5.88 Å². The van der Waals surface area contributed by atoms with E-state index in [1.54, 1.807) is 11.1 Å². The number of hydrogen-bond acceptors (Lipinski definition) is 5. The molecule has 1 amide bonds. The number of carbonyl (C=O) groups is 2. The number of pyridine rings is 1. The minimum Gasteiger partial charge on any atom is -0.475 e. The molecule has 1 unspecified atom stereocenters. The first-order chi connectivity index (χ1) is 13.7. The van der Waals surface area contributed by atoms with E-state index in [4.69, 9.17) is 19.4 Å². The van der Waals surface area contributed by atoms with Gasteiger partial charge in [-0.15, -0.1) is 0 Å². The van der Waals surface area contributed by atoms with Gasteiger partial charge >= 0.3 is 12.1 Å². The summed E-state index contributed by atoms with van der Waals surface area (Å²) < 4.78 is 44.8. The number of rotatable bonds is 4. The molecule has 1 aliphatic heterocycles. The molecule has 0 saturated carbocycles. The molecule has 0 bridgehead atoms. The second kappa shape index (κ2) is 9.92. The molecule has 3 rings (SSSR count). The molecule has 3 heterocycles. The standard InChI is InChI=1S/C16H19N3O3.C2HF3O2/c1-21-12-16(20)19-9-13-5-4-8-18(13)10-14(11-19)22-15-6-2-3-7-17-15;3-2(4,5)1(6)7/h2-8,14H,9-12H2,1H3;(H,6,7). The number of amides is 1. The van der Waals surface area contributed by atoms with Crippen LogP contribution in [0.2, 0.25) is 0 Å². The van der Waals surface area contributed by atoms with Gasteiger partial charge in [-0.25, -0.2) is 9.78 Å². The lowest BCUT2D eigenvalue weighted by Gasteiger charge is -2.24. The molecule has 158 valence electrons. The molecule has 2 aromatic rings. The molecule has 1 N–H and O–H groups in total. The Balaban J connectivity index is 0.000000370. The first-order valence-electron chi connectivity index (χ1n) is 8.49. The monoisotopic (exact) mass is 415 g/mol. The highest BCUT2D eigenvalue weighted by atomic mass is 19.4. The van der Waals surface area contributed by atoms with Crippen LogP contribution >= 0.6 is 0 Å². The van der Waals surface area contributed by atoms with Crippen molar-refractivity contribution >= 4 is 11.9 Å². The number of methoxy groups -OCH3 is 1. The Morgan fingerprint density at radius 1 is 1.24 bits per heavy atom. The number of nitrogens with zero attached hydrogens (tertiary/aromatic N) is 3. The Kier molecular flexibility index (Phi) is 7.59. The number of alkyl halides is 3. The second-order valence-corrected chi connectivity index (χ2v) is 6.07. The lowest BCUT2D eigenvalue weighted by molar-refractivity contribution is -0.192. The Labute approximate surface area is 164 Å². The van der Waals surface area contributed by atoms with Crippen LogP contribution in [-0.4, -0.2) is 64.0 Å². The van der Waals surface area contributed by atoms with Gasteiger partial charge in [0.25, 0.3) is 0 Å². The third-order valence-corrected chi connectivity index (χ3v) is 3.89. The Bertz CT molecular complexity index is 811. The molecule has 2 aromatic heterocycles. The van der Waals surface area contributed by atoms with Crippen LogP contribution in [0.3, 0.4) is 0 Å². The van der Waals surface area contributed by atoms with Crippen molar-refractivity contribution in [3.63, 3.8) is 0 Å². The largest absolute Gasteiger partial charge is 0.490 e. The summed E-state index contributed by atoms with van der Waals surface area (Å²) in [6.45, 7) is 1.85. The summed E-state index contributed by atoms with van der Waals surface area (Å²) in [7, 11) is 1.53. The van der Waals surface area contributed by atoms with Crippen molar-refractivity contribution in [1.82, 2.24) is 14.5 Å². The quantitative estimate of drug-likeness (QED) is 0.821. The predicted molar refractivity (Wildman–Crippen MR) is 94.1 cm³/mol. The normalized spacial score (nSPS) is 16.1. The number of ether oxygens (including phenoxy) is 2. The maximum absolute atomic E-state index is 12.2. The molecule has 11 heteroatoms. The van der Waals surface area contributed by atoms with Crippen LogP contribution in [0.5, 0.6) is 5.88 Å². The van der Waals surface area contributed by atoms with Gasteiger partial charge in [0.15, 0.2) is 0 Å². The summed E-state index contributed by atoms with van der Waals surface area (Å²) in [6.07, 6.45) is -1.53. The van der Waals surface area contributed by atoms with E-state index in [-0.39, 0.29) is 18.6 Å². The lowest BCUT2D eigenvalue weighted by Crippen LogP contribution is -2.40. The second-order valence-electron chi connectivity index (χ2n) is 6.07. The topological polar surface area (TPSA) is 93.9 Å². The van der Waals surface area contributed by atoms with E-state index in [1.807, 2.05) is 36.5 Å². The van der Waals surface area contributed by atoms with Gasteiger partial charge in [0.2, 0.25) is 11.8 Å². The van der Waals surface area contributed by atoms with Gasteiger partial charge in [-0.05, 0) is 18.2 Å². The number of aromatic nitrogens is 2. The van der Waals surface area contributed by atoms with Gasteiger partial charge in [-0.1, -0.05) is 6.07 Å². The molecule has 0 spiro atoms. The number of carbonyl (C=O) groups excluding carboxylic acids is 1. The molecule has 0 saturated heterocycles. The Hall–Kier alpha value is -3.08. The average molecular weight is 415 g/mol. The molecule has 0 aliphatic carbocycles. The van der Waals surface area contributed by atoms with Crippen LogP contribution in [-0.2, 0) is 27.4 Å². The fraction of sp³-hybridized carbons (Fsp3) is 0.389. The molecule has 29 heavy (non-hydrogen) atoms. The molecule has 0 aromatic carbocycles. The SMILES string of the molecule is COCC(=O)N1Cc2cccn2CC(Oc2ccccn2)C1.O=C(O)C(F)(F)F. The van der Waals surface area contributed by atoms with Crippen LogP contribution in [0.25, 0.3) is 0 Å². The van der Waals surface area contributed by atoms with Crippen molar-refractivity contribution in [3.05, 3.63) is 48.4 Å². The van der Waals surface area contributed by atoms with Crippen molar-refractivity contribution in [2.75, 3.05) is 20.3 Å². The number of fused-ring (bicyclic) bond motifs is 1. The van der Waals surface area contributed by atoms with Gasteiger partial charge in [-0.3, -0.25) is 4.79 Å². The number of carboxylic acid groups (broad SMARTS) is 1. The molecule has 0 radical (unpaired) electrons. The lowest BCUT2D eigenvalue weighted by atomic mass is 10.3. The number of halogens is 3. The van der Waals surface area contributed by atoms with Gasteiger partial charge < -0.3 is 24.0 Å². The van der Waals surface area contributed by atoms with Crippen LogP contribution in [0.1, 0.15) is 5.69 Å². The van der Waals surface area contributed by atoms with Crippen molar-refractivity contribution in [2.24, 2.45) is 0 Å². The van der Waals surface area contributed by atoms with E-state index in [0.29, 0.717) is 25.5 Å². The Morgan fingerprint density at radius 3 is 2.55 bits per heavy atom. The van der Waals surface area contributed by atoms with Gasteiger partial charge in [0.05, 0.1) is 19.6 Å². The highest BCUT2D eigenvalue weighted by Crippen LogP contribution is 2.17. The van der Waals surface area contributed by atoms with Crippen molar-refractivity contribution in [2.45, 2.75) is 25.4 Å². The number of carboxylic acids is 1. The van der Waals surface area contributed by atoms with Crippen LogP contribution in [0, 0.1) is 0 Å². The third-order valence-electron chi connectivity index (χ3n) is 3.89. The smallest absolute Gasteiger partial charge is 0.475 e. The summed E-state index contributed by atoms with van der Waals surface area (Å²) in [5.74, 6) is -2.22. The third kappa shape index (κ3) is 6.79. The van der Waals surface area contributed by atoms with Crippen LogP contribution in [0.15, 0.2) is 42.7 Å². The maximum Gasteiger partial charge on any atom is 0.490 e. The van der Waals surface area contributed by atoms with E-state index in [9.17, 15) is 18.0 Å². The summed E-state index contributed by atoms with van der Waals surface area (Å²) in [6, 6.07) is 9.56. The van der Waals surface area contributed by atoms with Crippen molar-refractivity contribution < 1.29 is 37.3 Å². The van der Waals surface area contributed by atoms with E-state index < -0.39 is 12.1 Å². The number of aliphatic carboxylic acids is 1. The first kappa shape index (κ1) is 22.2. The molecule has 0 fully saturated rings. The van der Waals surface area contributed by atoms with E-state index in [0.717, 1.165) is 5.69 Å². The fourth-order valence-corrected chi connectivity index (χ4v) is 2.62. The summed E-state index contributed by atoms with van der Waals surface area (Å²) in [5, 5.41) is 7.12. The van der Waals surface area contributed by atoms with E-state index >= 15 is 0 Å². The molecular weight excluding hydrogens is 395 g/mol. The minimum atomic E-state index is -5.08. The van der Waals surface area contributed by atoms with Gasteiger partial charge in [0.1, 0.15) is 12.7 Å². The minimum absolute atomic E-state index is 0.0354.